The normalized spacial score (nSPS) is 10.5. The van der Waals surface area contributed by atoms with Gasteiger partial charge >= 0.3 is 0 Å². The number of benzene rings is 2. The number of anilines is 1. The lowest BCUT2D eigenvalue weighted by Gasteiger charge is -2.07. The molecule has 23 heavy (non-hydrogen) atoms. The lowest BCUT2D eigenvalue weighted by atomic mass is 10.1. The van der Waals surface area contributed by atoms with Crippen LogP contribution in [0.15, 0.2) is 54.7 Å². The second kappa shape index (κ2) is 7.22. The van der Waals surface area contributed by atoms with Crippen molar-refractivity contribution in [2.24, 2.45) is 0 Å². The number of nitro benzene ring substituents is 1. The molecule has 0 aromatic heterocycles. The van der Waals surface area contributed by atoms with Gasteiger partial charge in [0.15, 0.2) is 5.78 Å². The molecule has 0 aliphatic heterocycles. The Kier molecular flexibility index (Phi) is 5.09. The fourth-order valence-electron chi connectivity index (χ4n) is 1.93. The van der Waals surface area contributed by atoms with E-state index < -0.39 is 4.92 Å². The van der Waals surface area contributed by atoms with Crippen LogP contribution in [0.2, 0.25) is 0 Å². The molecule has 0 bridgehead atoms. The summed E-state index contributed by atoms with van der Waals surface area (Å²) in [5.74, 6) is 0.185. The van der Waals surface area contributed by atoms with Gasteiger partial charge in [-0.2, -0.15) is 0 Å². The van der Waals surface area contributed by atoms with Gasteiger partial charge in [0, 0.05) is 23.9 Å². The zero-order valence-electron chi connectivity index (χ0n) is 12.8. The third kappa shape index (κ3) is 4.16. The van der Waals surface area contributed by atoms with E-state index in [2.05, 4.69) is 5.32 Å². The lowest BCUT2D eigenvalue weighted by molar-refractivity contribution is -0.384. The van der Waals surface area contributed by atoms with E-state index in [4.69, 9.17) is 4.74 Å². The molecule has 0 saturated carbocycles. The van der Waals surface area contributed by atoms with Crippen LogP contribution >= 0.6 is 0 Å². The number of carbonyl (C=O) groups excluding carboxylic acids is 1. The molecule has 2 rings (SSSR count). The zero-order chi connectivity index (χ0) is 16.8. The number of nitro groups is 1. The molecule has 6 heteroatoms. The topological polar surface area (TPSA) is 81.5 Å². The molecule has 0 fully saturated rings. The highest BCUT2D eigenvalue weighted by atomic mass is 16.6. The van der Waals surface area contributed by atoms with Crippen LogP contribution in [0.1, 0.15) is 15.9 Å². The average molecular weight is 312 g/mol. The first kappa shape index (κ1) is 16.2. The number of ketones is 1. The van der Waals surface area contributed by atoms with Crippen molar-refractivity contribution < 1.29 is 14.5 Å². The van der Waals surface area contributed by atoms with Crippen LogP contribution in [0.3, 0.4) is 0 Å². The molecule has 2 aromatic carbocycles. The minimum atomic E-state index is -0.497. The van der Waals surface area contributed by atoms with E-state index >= 15 is 0 Å². The van der Waals surface area contributed by atoms with Crippen molar-refractivity contribution in [2.45, 2.75) is 6.92 Å². The summed E-state index contributed by atoms with van der Waals surface area (Å²) in [6, 6.07) is 11.5. The maximum atomic E-state index is 12.0. The minimum Gasteiger partial charge on any atom is -0.494 e. The van der Waals surface area contributed by atoms with Gasteiger partial charge in [-0.25, -0.2) is 0 Å². The zero-order valence-corrected chi connectivity index (χ0v) is 12.8. The quantitative estimate of drug-likeness (QED) is 0.380. The number of nitrogens with zero attached hydrogens (tertiary/aromatic N) is 1. The highest BCUT2D eigenvalue weighted by Crippen LogP contribution is 2.28. The van der Waals surface area contributed by atoms with Gasteiger partial charge in [0.05, 0.1) is 23.8 Å². The van der Waals surface area contributed by atoms with E-state index in [-0.39, 0.29) is 11.5 Å². The second-order valence-electron chi connectivity index (χ2n) is 4.85. The first-order valence-corrected chi connectivity index (χ1v) is 6.88. The van der Waals surface area contributed by atoms with Crippen LogP contribution < -0.4 is 10.1 Å². The Bertz CT molecular complexity index is 752. The SMILES string of the molecule is COc1cc([N+](=O)[O-])ccc1NC=CC(=O)c1ccc(C)cc1. The number of ether oxygens (including phenoxy) is 1. The van der Waals surface area contributed by atoms with Crippen LogP contribution in [0.25, 0.3) is 0 Å². The third-order valence-corrected chi connectivity index (χ3v) is 3.21. The van der Waals surface area contributed by atoms with Gasteiger partial charge < -0.3 is 10.1 Å². The monoisotopic (exact) mass is 312 g/mol. The molecule has 0 spiro atoms. The number of non-ortho nitro benzene ring substituents is 1. The summed E-state index contributed by atoms with van der Waals surface area (Å²) in [5, 5.41) is 13.6. The molecule has 0 unspecified atom stereocenters. The van der Waals surface area contributed by atoms with Gasteiger partial charge in [0.1, 0.15) is 5.75 Å². The Hall–Kier alpha value is -3.15. The third-order valence-electron chi connectivity index (χ3n) is 3.21. The Morgan fingerprint density at radius 3 is 2.52 bits per heavy atom. The molecule has 1 N–H and O–H groups in total. The summed E-state index contributed by atoms with van der Waals surface area (Å²) in [7, 11) is 1.42. The predicted molar refractivity (Wildman–Crippen MR) is 87.9 cm³/mol. The Labute approximate surface area is 133 Å². The summed E-state index contributed by atoms with van der Waals surface area (Å²) in [5.41, 5.74) is 2.14. The molecule has 6 nitrogen and oxygen atoms in total. The molecule has 0 aliphatic carbocycles. The van der Waals surface area contributed by atoms with Crippen molar-refractivity contribution in [3.8, 4) is 5.75 Å². The van der Waals surface area contributed by atoms with Crippen molar-refractivity contribution in [1.82, 2.24) is 0 Å². The molecule has 0 aliphatic rings. The average Bonchev–Trinajstić information content (AvgIpc) is 2.55. The smallest absolute Gasteiger partial charge is 0.273 e. The molecule has 118 valence electrons. The van der Waals surface area contributed by atoms with Crippen LogP contribution in [0.5, 0.6) is 5.75 Å². The van der Waals surface area contributed by atoms with E-state index in [1.807, 2.05) is 19.1 Å². The van der Waals surface area contributed by atoms with Gasteiger partial charge in [-0.05, 0) is 13.0 Å². The van der Waals surface area contributed by atoms with Gasteiger partial charge in [0.2, 0.25) is 0 Å². The van der Waals surface area contributed by atoms with Crippen molar-refractivity contribution in [2.75, 3.05) is 12.4 Å². The molecule has 0 heterocycles. The van der Waals surface area contributed by atoms with Gasteiger partial charge in [0.25, 0.3) is 5.69 Å². The fourth-order valence-corrected chi connectivity index (χ4v) is 1.93. The Morgan fingerprint density at radius 1 is 1.22 bits per heavy atom. The van der Waals surface area contributed by atoms with Crippen LogP contribution in [-0.2, 0) is 0 Å². The summed E-state index contributed by atoms with van der Waals surface area (Å²) in [6.07, 6.45) is 2.87. The molecular formula is C17H16N2O4. The molecule has 0 atom stereocenters. The number of hydrogen-bond donors (Lipinski definition) is 1. The van der Waals surface area contributed by atoms with Crippen molar-refractivity contribution >= 4 is 17.2 Å². The maximum Gasteiger partial charge on any atom is 0.273 e. The van der Waals surface area contributed by atoms with E-state index in [1.165, 1.54) is 37.6 Å². The highest BCUT2D eigenvalue weighted by Gasteiger charge is 2.10. The largest absolute Gasteiger partial charge is 0.494 e. The van der Waals surface area contributed by atoms with Gasteiger partial charge in [-0.3, -0.25) is 14.9 Å². The minimum absolute atomic E-state index is 0.0629. The van der Waals surface area contributed by atoms with Gasteiger partial charge in [-0.15, -0.1) is 0 Å². The molecular weight excluding hydrogens is 296 g/mol. The number of carbonyl (C=O) groups is 1. The first-order valence-electron chi connectivity index (χ1n) is 6.88. The molecule has 0 saturated heterocycles. The Balaban J connectivity index is 2.09. The number of aryl methyl sites for hydroxylation is 1. The van der Waals surface area contributed by atoms with E-state index in [9.17, 15) is 14.9 Å². The van der Waals surface area contributed by atoms with E-state index in [1.54, 1.807) is 12.1 Å². The second-order valence-corrected chi connectivity index (χ2v) is 4.85. The van der Waals surface area contributed by atoms with Crippen molar-refractivity contribution in [3.05, 3.63) is 76.0 Å². The number of methoxy groups -OCH3 is 1. The van der Waals surface area contributed by atoms with Crippen LogP contribution in [0.4, 0.5) is 11.4 Å². The summed E-state index contributed by atoms with van der Waals surface area (Å²) < 4.78 is 5.11. The number of nitrogens with one attached hydrogen (secondary N) is 1. The fraction of sp³-hybridized carbons (Fsp3) is 0.118. The van der Waals surface area contributed by atoms with E-state index in [0.717, 1.165) is 5.56 Å². The standard InChI is InChI=1S/C17H16N2O4/c1-12-3-5-13(6-4-12)16(20)9-10-18-15-8-7-14(19(21)22)11-17(15)23-2/h3-11,18H,1-2H3. The Morgan fingerprint density at radius 2 is 1.91 bits per heavy atom. The molecule has 0 amide bonds. The first-order chi connectivity index (χ1) is 11.0. The van der Waals surface area contributed by atoms with Crippen LogP contribution in [0, 0.1) is 17.0 Å². The van der Waals surface area contributed by atoms with Crippen molar-refractivity contribution in [1.29, 1.82) is 0 Å². The maximum absolute atomic E-state index is 12.0. The van der Waals surface area contributed by atoms with Gasteiger partial charge in [-0.1, -0.05) is 29.8 Å². The van der Waals surface area contributed by atoms with E-state index in [0.29, 0.717) is 17.0 Å². The summed E-state index contributed by atoms with van der Waals surface area (Å²) >= 11 is 0. The molecule has 2 aromatic rings. The van der Waals surface area contributed by atoms with Crippen molar-refractivity contribution in [3.63, 3.8) is 0 Å². The number of hydrogen-bond acceptors (Lipinski definition) is 5. The summed E-state index contributed by atoms with van der Waals surface area (Å²) in [4.78, 5) is 22.2. The lowest BCUT2D eigenvalue weighted by Crippen LogP contribution is -1.98. The number of rotatable bonds is 6. The molecule has 0 radical (unpaired) electrons. The highest BCUT2D eigenvalue weighted by molar-refractivity contribution is 6.04. The predicted octanol–water partition coefficient (Wildman–Crippen LogP) is 3.72. The van der Waals surface area contributed by atoms with Crippen LogP contribution in [-0.4, -0.2) is 17.8 Å². The number of allylic oxidation sites excluding steroid dienone is 1. The summed E-state index contributed by atoms with van der Waals surface area (Å²) in [6.45, 7) is 1.95.